The molecule has 2 aromatic carbocycles. The van der Waals surface area contributed by atoms with E-state index in [0.717, 1.165) is 16.5 Å². The van der Waals surface area contributed by atoms with Crippen LogP contribution in [0.5, 0.6) is 0 Å². The molecule has 0 aliphatic carbocycles. The number of hydrogen-bond donors (Lipinski definition) is 2. The van der Waals surface area contributed by atoms with Crippen LogP contribution in [0, 0.1) is 0 Å². The first-order valence-corrected chi connectivity index (χ1v) is 9.86. The molecule has 0 amide bonds. The van der Waals surface area contributed by atoms with Crippen molar-refractivity contribution in [3.8, 4) is 0 Å². The van der Waals surface area contributed by atoms with Crippen LogP contribution < -0.4 is 10.9 Å². The van der Waals surface area contributed by atoms with Crippen molar-refractivity contribution < 1.29 is 5.11 Å². The van der Waals surface area contributed by atoms with Gasteiger partial charge < -0.3 is 5.11 Å². The quantitative estimate of drug-likeness (QED) is 0.352. The summed E-state index contributed by atoms with van der Waals surface area (Å²) in [5.41, 5.74) is 2.42. The van der Waals surface area contributed by atoms with E-state index in [0.29, 0.717) is 35.1 Å². The van der Waals surface area contributed by atoms with Gasteiger partial charge in [0.15, 0.2) is 0 Å². The number of hydrogen-bond acceptors (Lipinski definition) is 5. The number of nitrogens with zero attached hydrogens (tertiary/aromatic N) is 3. The maximum Gasteiger partial charge on any atom is 0.265 e. The number of aliphatic hydroxyl groups is 1. The van der Waals surface area contributed by atoms with Gasteiger partial charge in [0.25, 0.3) is 5.56 Å². The van der Waals surface area contributed by atoms with Gasteiger partial charge in [0, 0.05) is 36.6 Å². The summed E-state index contributed by atoms with van der Waals surface area (Å²) in [5.74, 6) is 0. The van der Waals surface area contributed by atoms with Crippen LogP contribution >= 0.6 is 0 Å². The molecule has 0 aliphatic rings. The van der Waals surface area contributed by atoms with E-state index in [-0.39, 0.29) is 5.56 Å². The predicted octanol–water partition coefficient (Wildman–Crippen LogP) is 3.22. The minimum absolute atomic E-state index is 0.150. The summed E-state index contributed by atoms with van der Waals surface area (Å²) in [5, 5.41) is 16.4. The van der Waals surface area contributed by atoms with Gasteiger partial charge in [0.05, 0.1) is 10.9 Å². The fourth-order valence-corrected chi connectivity index (χ4v) is 3.74. The molecule has 3 heterocycles. The van der Waals surface area contributed by atoms with E-state index in [1.165, 1.54) is 4.40 Å². The van der Waals surface area contributed by atoms with Crippen molar-refractivity contribution in [2.45, 2.75) is 12.6 Å². The first-order chi connectivity index (χ1) is 14.7. The van der Waals surface area contributed by atoms with Crippen LogP contribution in [0.1, 0.15) is 17.5 Å². The Morgan fingerprint density at radius 2 is 1.80 bits per heavy atom. The van der Waals surface area contributed by atoms with E-state index in [1.807, 2.05) is 54.6 Å². The fourth-order valence-electron chi connectivity index (χ4n) is 3.74. The van der Waals surface area contributed by atoms with Crippen LogP contribution in [0.2, 0.25) is 0 Å². The molecule has 6 heteroatoms. The number of aromatic nitrogens is 3. The molecule has 0 aliphatic heterocycles. The third-order valence-electron chi connectivity index (χ3n) is 5.28. The van der Waals surface area contributed by atoms with E-state index in [1.54, 1.807) is 24.5 Å². The highest BCUT2D eigenvalue weighted by Crippen LogP contribution is 2.22. The lowest BCUT2D eigenvalue weighted by Gasteiger charge is -2.15. The Kier molecular flexibility index (Phi) is 4.71. The SMILES string of the molecule is O=c1c2cc3ccccc3cc2nc2c(C(O)NCCc3ccccn3)cccn12. The summed E-state index contributed by atoms with van der Waals surface area (Å²) in [4.78, 5) is 22.1. The van der Waals surface area contributed by atoms with Gasteiger partial charge in [0.2, 0.25) is 0 Å². The monoisotopic (exact) mass is 396 g/mol. The Bertz CT molecular complexity index is 1410. The number of rotatable bonds is 5. The molecule has 0 fully saturated rings. The second-order valence-electron chi connectivity index (χ2n) is 7.22. The second kappa shape index (κ2) is 7.67. The lowest BCUT2D eigenvalue weighted by molar-refractivity contribution is 0.141. The number of aliphatic hydroxyl groups excluding tert-OH is 1. The van der Waals surface area contributed by atoms with Crippen molar-refractivity contribution in [1.82, 2.24) is 19.7 Å². The molecule has 2 N–H and O–H groups in total. The van der Waals surface area contributed by atoms with Crippen molar-refractivity contribution in [3.05, 3.63) is 101 Å². The molecule has 0 radical (unpaired) electrons. The molecular weight excluding hydrogens is 376 g/mol. The topological polar surface area (TPSA) is 79.5 Å². The van der Waals surface area contributed by atoms with Crippen LogP contribution in [0.15, 0.2) is 83.9 Å². The number of fused-ring (bicyclic) bond motifs is 3. The number of nitrogens with one attached hydrogen (secondary N) is 1. The van der Waals surface area contributed by atoms with Gasteiger partial charge in [0.1, 0.15) is 11.9 Å². The highest BCUT2D eigenvalue weighted by molar-refractivity contribution is 5.96. The molecule has 0 bridgehead atoms. The summed E-state index contributed by atoms with van der Waals surface area (Å²) >= 11 is 0. The normalized spacial score (nSPS) is 12.6. The maximum atomic E-state index is 13.1. The first kappa shape index (κ1) is 18.4. The van der Waals surface area contributed by atoms with Crippen LogP contribution in [-0.2, 0) is 6.42 Å². The van der Waals surface area contributed by atoms with E-state index in [9.17, 15) is 9.90 Å². The molecule has 1 unspecified atom stereocenters. The van der Waals surface area contributed by atoms with Crippen molar-refractivity contribution in [1.29, 1.82) is 0 Å². The molecule has 5 rings (SSSR count). The van der Waals surface area contributed by atoms with Gasteiger partial charge in [-0.25, -0.2) is 4.98 Å². The van der Waals surface area contributed by atoms with Crippen molar-refractivity contribution >= 4 is 27.3 Å². The zero-order chi connectivity index (χ0) is 20.5. The third-order valence-corrected chi connectivity index (χ3v) is 5.28. The van der Waals surface area contributed by atoms with Crippen molar-refractivity contribution in [2.75, 3.05) is 6.54 Å². The van der Waals surface area contributed by atoms with Gasteiger partial charge >= 0.3 is 0 Å². The summed E-state index contributed by atoms with van der Waals surface area (Å²) in [6.45, 7) is 0.543. The van der Waals surface area contributed by atoms with E-state index >= 15 is 0 Å². The summed E-state index contributed by atoms with van der Waals surface area (Å²) < 4.78 is 1.50. The molecule has 30 heavy (non-hydrogen) atoms. The maximum absolute atomic E-state index is 13.1. The van der Waals surface area contributed by atoms with Crippen LogP contribution in [0.3, 0.4) is 0 Å². The lowest BCUT2D eigenvalue weighted by atomic mass is 10.1. The largest absolute Gasteiger partial charge is 0.374 e. The molecule has 3 aromatic heterocycles. The summed E-state index contributed by atoms with van der Waals surface area (Å²) in [7, 11) is 0. The Balaban J connectivity index is 1.53. The third kappa shape index (κ3) is 3.32. The number of pyridine rings is 2. The van der Waals surface area contributed by atoms with Crippen LogP contribution in [0.4, 0.5) is 0 Å². The van der Waals surface area contributed by atoms with E-state index < -0.39 is 6.23 Å². The molecule has 1 atom stereocenters. The number of benzene rings is 2. The summed E-state index contributed by atoms with van der Waals surface area (Å²) in [6, 6.07) is 21.0. The molecule has 0 saturated carbocycles. The highest BCUT2D eigenvalue weighted by atomic mass is 16.3. The Labute approximate surface area is 172 Å². The predicted molar refractivity (Wildman–Crippen MR) is 117 cm³/mol. The highest BCUT2D eigenvalue weighted by Gasteiger charge is 2.15. The first-order valence-electron chi connectivity index (χ1n) is 9.86. The smallest absolute Gasteiger partial charge is 0.265 e. The average Bonchev–Trinajstić information content (AvgIpc) is 2.78. The average molecular weight is 396 g/mol. The van der Waals surface area contributed by atoms with E-state index in [2.05, 4.69) is 10.3 Å². The molecule has 0 saturated heterocycles. The molecule has 148 valence electrons. The zero-order valence-electron chi connectivity index (χ0n) is 16.2. The van der Waals surface area contributed by atoms with Gasteiger partial charge in [-0.2, -0.15) is 0 Å². The van der Waals surface area contributed by atoms with E-state index in [4.69, 9.17) is 4.98 Å². The van der Waals surface area contributed by atoms with Crippen molar-refractivity contribution in [3.63, 3.8) is 0 Å². The summed E-state index contributed by atoms with van der Waals surface area (Å²) in [6.07, 6.45) is 3.17. The van der Waals surface area contributed by atoms with Gasteiger partial charge in [-0.05, 0) is 47.2 Å². The minimum Gasteiger partial charge on any atom is -0.374 e. The lowest BCUT2D eigenvalue weighted by Crippen LogP contribution is -2.25. The van der Waals surface area contributed by atoms with Crippen molar-refractivity contribution in [2.24, 2.45) is 0 Å². The fraction of sp³-hybridized carbons (Fsp3) is 0.125. The minimum atomic E-state index is -0.949. The van der Waals surface area contributed by atoms with Crippen LogP contribution in [-0.4, -0.2) is 26.0 Å². The molecular formula is C24H20N4O2. The second-order valence-corrected chi connectivity index (χ2v) is 7.22. The Hall–Kier alpha value is -3.61. The zero-order valence-corrected chi connectivity index (χ0v) is 16.2. The van der Waals surface area contributed by atoms with Gasteiger partial charge in [-0.3, -0.25) is 19.5 Å². The Morgan fingerprint density at radius 3 is 2.60 bits per heavy atom. The molecule has 0 spiro atoms. The standard InChI is InChI=1S/C24H20N4O2/c29-23(26-12-10-18-8-3-4-11-25-18)19-9-5-13-28-22(19)27-21-15-17-7-2-1-6-16(17)14-20(21)24(28)30/h1-9,11,13-15,23,26,29H,10,12H2. The van der Waals surface area contributed by atoms with Gasteiger partial charge in [-0.15, -0.1) is 0 Å². The Morgan fingerprint density at radius 1 is 1.00 bits per heavy atom. The molecule has 6 nitrogen and oxygen atoms in total. The van der Waals surface area contributed by atoms with Gasteiger partial charge in [-0.1, -0.05) is 30.3 Å². The molecule has 5 aromatic rings. The van der Waals surface area contributed by atoms with Crippen LogP contribution in [0.25, 0.3) is 27.3 Å².